The van der Waals surface area contributed by atoms with Crippen LogP contribution >= 0.6 is 27.3 Å². The van der Waals surface area contributed by atoms with Crippen LogP contribution in [0.1, 0.15) is 27.0 Å². The number of anilines is 1. The van der Waals surface area contributed by atoms with Crippen molar-refractivity contribution in [2.75, 3.05) is 12.8 Å². The van der Waals surface area contributed by atoms with Crippen LogP contribution in [0.2, 0.25) is 0 Å². The molecule has 0 unspecified atom stereocenters. The van der Waals surface area contributed by atoms with Gasteiger partial charge >= 0.3 is 0 Å². The summed E-state index contributed by atoms with van der Waals surface area (Å²) in [5.74, 6) is -0.00322. The third kappa shape index (κ3) is 3.22. The molecular formula is C15H17BrN2OS. The fourth-order valence-corrected chi connectivity index (χ4v) is 3.28. The minimum Gasteiger partial charge on any atom is -0.398 e. The zero-order valence-corrected chi connectivity index (χ0v) is 14.1. The standard InChI is InChI=1S/C15H17BrN2OS/c1-9-4-10(2)13(17)6-12(9)15(19)18(3)7-11-5-14(16)20-8-11/h4-6,8H,7,17H2,1-3H3. The quantitative estimate of drug-likeness (QED) is 0.849. The maximum Gasteiger partial charge on any atom is 0.254 e. The number of aryl methyl sites for hydroxylation is 2. The molecule has 0 atom stereocenters. The molecule has 0 fully saturated rings. The fourth-order valence-electron chi connectivity index (χ4n) is 2.08. The van der Waals surface area contributed by atoms with Gasteiger partial charge in [0.1, 0.15) is 0 Å². The van der Waals surface area contributed by atoms with E-state index in [1.54, 1.807) is 22.3 Å². The van der Waals surface area contributed by atoms with Gasteiger partial charge in [-0.2, -0.15) is 0 Å². The Morgan fingerprint density at radius 3 is 2.60 bits per heavy atom. The molecule has 0 aliphatic heterocycles. The second kappa shape index (κ2) is 5.97. The average molecular weight is 353 g/mol. The third-order valence-corrected chi connectivity index (χ3v) is 4.78. The van der Waals surface area contributed by atoms with Gasteiger partial charge in [-0.3, -0.25) is 4.79 Å². The summed E-state index contributed by atoms with van der Waals surface area (Å²) in [5, 5.41) is 2.05. The van der Waals surface area contributed by atoms with E-state index in [9.17, 15) is 4.79 Å². The minimum atomic E-state index is -0.00322. The number of carbonyl (C=O) groups is 1. The van der Waals surface area contributed by atoms with E-state index in [4.69, 9.17) is 5.73 Å². The van der Waals surface area contributed by atoms with Crippen molar-refractivity contribution in [2.24, 2.45) is 0 Å². The lowest BCUT2D eigenvalue weighted by molar-refractivity contribution is 0.0784. The highest BCUT2D eigenvalue weighted by Crippen LogP contribution is 2.23. The minimum absolute atomic E-state index is 0.00322. The van der Waals surface area contributed by atoms with Crippen molar-refractivity contribution >= 4 is 38.9 Å². The monoisotopic (exact) mass is 352 g/mol. The molecule has 0 bridgehead atoms. The summed E-state index contributed by atoms with van der Waals surface area (Å²) in [5.41, 5.74) is 10.3. The Morgan fingerprint density at radius 1 is 1.30 bits per heavy atom. The summed E-state index contributed by atoms with van der Waals surface area (Å²) in [6.07, 6.45) is 0. The number of thiophene rings is 1. The number of nitrogens with zero attached hydrogens (tertiary/aromatic N) is 1. The van der Waals surface area contributed by atoms with E-state index >= 15 is 0 Å². The molecule has 1 amide bonds. The first-order valence-electron chi connectivity index (χ1n) is 6.23. The Balaban J connectivity index is 2.20. The van der Waals surface area contributed by atoms with Crippen molar-refractivity contribution in [1.82, 2.24) is 4.90 Å². The molecule has 0 radical (unpaired) electrons. The summed E-state index contributed by atoms with van der Waals surface area (Å²) in [7, 11) is 1.81. The van der Waals surface area contributed by atoms with Crippen molar-refractivity contribution in [3.05, 3.63) is 49.6 Å². The summed E-state index contributed by atoms with van der Waals surface area (Å²) < 4.78 is 1.07. The van der Waals surface area contributed by atoms with Crippen LogP contribution in [-0.2, 0) is 6.54 Å². The Labute approximate surface area is 131 Å². The van der Waals surface area contributed by atoms with Crippen molar-refractivity contribution in [3.63, 3.8) is 0 Å². The summed E-state index contributed by atoms with van der Waals surface area (Å²) in [6, 6.07) is 5.76. The smallest absolute Gasteiger partial charge is 0.254 e. The summed E-state index contributed by atoms with van der Waals surface area (Å²) in [6.45, 7) is 4.48. The first kappa shape index (κ1) is 15.1. The van der Waals surface area contributed by atoms with Crippen LogP contribution in [-0.4, -0.2) is 17.9 Å². The molecule has 0 aliphatic carbocycles. The van der Waals surface area contributed by atoms with Crippen molar-refractivity contribution < 1.29 is 4.79 Å². The predicted molar refractivity (Wildman–Crippen MR) is 88.1 cm³/mol. The van der Waals surface area contributed by atoms with Gasteiger partial charge in [0.25, 0.3) is 5.91 Å². The molecule has 0 spiro atoms. The molecule has 5 heteroatoms. The maximum atomic E-state index is 12.5. The van der Waals surface area contributed by atoms with Crippen LogP contribution in [0, 0.1) is 13.8 Å². The number of hydrogen-bond donors (Lipinski definition) is 1. The van der Waals surface area contributed by atoms with Gasteiger partial charge in [0.15, 0.2) is 0 Å². The molecule has 1 heterocycles. The molecule has 0 aliphatic rings. The van der Waals surface area contributed by atoms with Crippen LogP contribution in [0.3, 0.4) is 0 Å². The van der Waals surface area contributed by atoms with Crippen molar-refractivity contribution in [1.29, 1.82) is 0 Å². The second-order valence-corrected chi connectivity index (χ2v) is 7.23. The molecule has 1 aromatic heterocycles. The Hall–Kier alpha value is -1.33. The molecule has 20 heavy (non-hydrogen) atoms. The van der Waals surface area contributed by atoms with Crippen LogP contribution in [0.25, 0.3) is 0 Å². The number of benzene rings is 1. The van der Waals surface area contributed by atoms with Crippen LogP contribution in [0.4, 0.5) is 5.69 Å². The first-order valence-corrected chi connectivity index (χ1v) is 7.91. The van der Waals surface area contributed by atoms with Gasteiger partial charge in [-0.1, -0.05) is 6.07 Å². The number of carbonyl (C=O) groups excluding carboxylic acids is 1. The largest absolute Gasteiger partial charge is 0.398 e. The van der Waals surface area contributed by atoms with Crippen molar-refractivity contribution in [2.45, 2.75) is 20.4 Å². The van der Waals surface area contributed by atoms with E-state index in [0.717, 1.165) is 20.5 Å². The van der Waals surface area contributed by atoms with Crippen LogP contribution in [0.15, 0.2) is 27.4 Å². The van der Waals surface area contributed by atoms with Gasteiger partial charge in [0, 0.05) is 24.8 Å². The first-order chi connectivity index (χ1) is 9.38. The molecular weight excluding hydrogens is 336 g/mol. The van der Waals surface area contributed by atoms with E-state index in [1.165, 1.54) is 0 Å². The zero-order chi connectivity index (χ0) is 14.9. The fraction of sp³-hybridized carbons (Fsp3) is 0.267. The molecule has 3 nitrogen and oxygen atoms in total. The lowest BCUT2D eigenvalue weighted by atomic mass is 10.0. The number of hydrogen-bond acceptors (Lipinski definition) is 3. The van der Waals surface area contributed by atoms with Gasteiger partial charge in [0.2, 0.25) is 0 Å². The highest BCUT2D eigenvalue weighted by molar-refractivity contribution is 9.11. The number of nitrogens with two attached hydrogens (primary N) is 1. The van der Waals surface area contributed by atoms with E-state index in [0.29, 0.717) is 17.8 Å². The molecule has 106 valence electrons. The lowest BCUT2D eigenvalue weighted by Gasteiger charge is -2.18. The van der Waals surface area contributed by atoms with Gasteiger partial charge < -0.3 is 10.6 Å². The molecule has 0 saturated carbocycles. The molecule has 2 N–H and O–H groups in total. The average Bonchev–Trinajstić information content (AvgIpc) is 2.78. The second-order valence-electron chi connectivity index (χ2n) is 4.94. The predicted octanol–water partition coefficient (Wildman–Crippen LogP) is 3.98. The maximum absolute atomic E-state index is 12.5. The normalized spacial score (nSPS) is 10.6. The van der Waals surface area contributed by atoms with Gasteiger partial charge in [-0.25, -0.2) is 0 Å². The lowest BCUT2D eigenvalue weighted by Crippen LogP contribution is -2.26. The Morgan fingerprint density at radius 2 is 2.00 bits per heavy atom. The SMILES string of the molecule is Cc1cc(C)c(C(=O)N(C)Cc2csc(Br)c2)cc1N. The number of nitrogen functional groups attached to an aromatic ring is 1. The zero-order valence-electron chi connectivity index (χ0n) is 11.7. The summed E-state index contributed by atoms with van der Waals surface area (Å²) >= 11 is 5.05. The third-order valence-electron chi connectivity index (χ3n) is 3.23. The van der Waals surface area contributed by atoms with Gasteiger partial charge in [-0.05, 0) is 64.0 Å². The number of amides is 1. The topological polar surface area (TPSA) is 46.3 Å². The van der Waals surface area contributed by atoms with Gasteiger partial charge in [-0.15, -0.1) is 11.3 Å². The number of halogens is 1. The Kier molecular flexibility index (Phi) is 4.50. The van der Waals surface area contributed by atoms with Crippen molar-refractivity contribution in [3.8, 4) is 0 Å². The van der Waals surface area contributed by atoms with Crippen LogP contribution in [0.5, 0.6) is 0 Å². The van der Waals surface area contributed by atoms with E-state index in [-0.39, 0.29) is 5.91 Å². The molecule has 2 aromatic rings. The van der Waals surface area contributed by atoms with E-state index < -0.39 is 0 Å². The van der Waals surface area contributed by atoms with E-state index in [2.05, 4.69) is 15.9 Å². The Bertz CT molecular complexity index is 651. The molecule has 2 rings (SSSR count). The highest BCUT2D eigenvalue weighted by Gasteiger charge is 2.16. The van der Waals surface area contributed by atoms with E-state index in [1.807, 2.05) is 38.4 Å². The van der Waals surface area contributed by atoms with Gasteiger partial charge in [0.05, 0.1) is 3.79 Å². The highest BCUT2D eigenvalue weighted by atomic mass is 79.9. The van der Waals surface area contributed by atoms with Crippen LogP contribution < -0.4 is 5.73 Å². The molecule has 1 aromatic carbocycles. The summed E-state index contributed by atoms with van der Waals surface area (Å²) in [4.78, 5) is 14.2. The molecule has 0 saturated heterocycles. The number of rotatable bonds is 3.